The molecular weight excluding hydrogens is 450 g/mol. The molecule has 2 aliphatic heterocycles. The minimum atomic E-state index is -1.39. The van der Waals surface area contributed by atoms with Crippen molar-refractivity contribution >= 4 is 28.8 Å². The SMILES string of the molecule is COc1ccc(OC)c([C@@H]2CCCN2C(=O)CN2C(=O)N[C@](C)(c3cc4ccccc4o3)C2=O)c1. The molecule has 2 aromatic carbocycles. The fraction of sp³-hybridized carbons (Fsp3) is 0.346. The molecule has 9 heteroatoms. The number of urea groups is 1. The predicted octanol–water partition coefficient (Wildman–Crippen LogP) is 3.58. The maximum Gasteiger partial charge on any atom is 0.325 e. The zero-order chi connectivity index (χ0) is 24.7. The van der Waals surface area contributed by atoms with Gasteiger partial charge in [0.25, 0.3) is 5.91 Å². The predicted molar refractivity (Wildman–Crippen MR) is 127 cm³/mol. The normalized spacial score (nSPS) is 22.1. The van der Waals surface area contributed by atoms with Crippen molar-refractivity contribution in [3.05, 3.63) is 59.9 Å². The molecule has 2 saturated heterocycles. The van der Waals surface area contributed by atoms with E-state index in [1.165, 1.54) is 0 Å². The first kappa shape index (κ1) is 22.8. The van der Waals surface area contributed by atoms with Gasteiger partial charge in [0.05, 0.1) is 20.3 Å². The Balaban J connectivity index is 1.38. The van der Waals surface area contributed by atoms with Crippen LogP contribution >= 0.6 is 0 Å². The number of hydrogen-bond acceptors (Lipinski definition) is 6. The van der Waals surface area contributed by atoms with Crippen molar-refractivity contribution in [3.63, 3.8) is 0 Å². The Bertz CT molecular complexity index is 1280. The summed E-state index contributed by atoms with van der Waals surface area (Å²) in [6.45, 7) is 1.76. The van der Waals surface area contributed by atoms with Gasteiger partial charge in [0.1, 0.15) is 29.4 Å². The number of likely N-dealkylation sites (tertiary alicyclic amines) is 1. The van der Waals surface area contributed by atoms with E-state index in [4.69, 9.17) is 13.9 Å². The largest absolute Gasteiger partial charge is 0.497 e. The van der Waals surface area contributed by atoms with E-state index >= 15 is 0 Å². The summed E-state index contributed by atoms with van der Waals surface area (Å²) in [6, 6.07) is 13.7. The van der Waals surface area contributed by atoms with E-state index in [2.05, 4.69) is 5.32 Å². The topological polar surface area (TPSA) is 101 Å². The lowest BCUT2D eigenvalue weighted by molar-refractivity contribution is -0.139. The molecule has 0 saturated carbocycles. The third-order valence-corrected chi connectivity index (χ3v) is 6.86. The molecule has 2 atom stereocenters. The molecule has 0 bridgehead atoms. The quantitative estimate of drug-likeness (QED) is 0.545. The smallest absolute Gasteiger partial charge is 0.325 e. The Morgan fingerprint density at radius 1 is 1.14 bits per heavy atom. The molecule has 3 aromatic rings. The number of nitrogens with one attached hydrogen (secondary N) is 1. The summed E-state index contributed by atoms with van der Waals surface area (Å²) >= 11 is 0. The number of amides is 4. The van der Waals surface area contributed by atoms with Crippen LogP contribution < -0.4 is 14.8 Å². The monoisotopic (exact) mass is 477 g/mol. The number of fused-ring (bicyclic) bond motifs is 1. The van der Waals surface area contributed by atoms with E-state index in [0.717, 1.165) is 28.7 Å². The van der Waals surface area contributed by atoms with Gasteiger partial charge in [-0.25, -0.2) is 4.79 Å². The summed E-state index contributed by atoms with van der Waals surface area (Å²) in [6.07, 6.45) is 1.54. The number of carbonyl (C=O) groups is 3. The number of methoxy groups -OCH3 is 2. The minimum absolute atomic E-state index is 0.241. The number of hydrogen-bond donors (Lipinski definition) is 1. The number of furan rings is 1. The number of rotatable bonds is 6. The Morgan fingerprint density at radius 2 is 1.94 bits per heavy atom. The Kier molecular flexibility index (Phi) is 5.62. The van der Waals surface area contributed by atoms with Crippen molar-refractivity contribution in [2.24, 2.45) is 0 Å². The Labute approximate surface area is 202 Å². The number of ether oxygens (including phenoxy) is 2. The fourth-order valence-corrected chi connectivity index (χ4v) is 4.95. The first-order chi connectivity index (χ1) is 16.9. The van der Waals surface area contributed by atoms with Crippen molar-refractivity contribution in [2.45, 2.75) is 31.3 Å². The molecule has 0 aliphatic carbocycles. The Hall–Kier alpha value is -4.01. The van der Waals surface area contributed by atoms with Gasteiger partial charge in [-0.15, -0.1) is 0 Å². The van der Waals surface area contributed by atoms with Crippen molar-refractivity contribution < 1.29 is 28.3 Å². The van der Waals surface area contributed by atoms with Crippen LogP contribution in [0, 0.1) is 0 Å². The average molecular weight is 478 g/mol. The van der Waals surface area contributed by atoms with Crippen molar-refractivity contribution in [1.29, 1.82) is 0 Å². The maximum absolute atomic E-state index is 13.4. The third kappa shape index (κ3) is 3.77. The second-order valence-corrected chi connectivity index (χ2v) is 8.95. The standard InChI is InChI=1S/C26H27N3O6/c1-26(22-13-16-7-4-5-9-20(16)35-22)24(31)29(25(32)27-26)15-23(30)28-12-6-8-19(28)18-14-17(33-2)10-11-21(18)34-3/h4-5,7,9-11,13-14,19H,6,8,12,15H2,1-3H3,(H,27,32)/t19-,26+/m0/s1. The highest BCUT2D eigenvalue weighted by molar-refractivity contribution is 6.09. The van der Waals surface area contributed by atoms with Crippen molar-refractivity contribution in [3.8, 4) is 11.5 Å². The molecule has 5 rings (SSSR count). The molecular formula is C26H27N3O6. The van der Waals surface area contributed by atoms with Crippen molar-refractivity contribution in [1.82, 2.24) is 15.1 Å². The highest BCUT2D eigenvalue weighted by Crippen LogP contribution is 2.39. The van der Waals surface area contributed by atoms with E-state index < -0.39 is 17.5 Å². The summed E-state index contributed by atoms with van der Waals surface area (Å²) in [5.74, 6) is 0.810. The molecule has 2 fully saturated rings. The fourth-order valence-electron chi connectivity index (χ4n) is 4.95. The van der Waals surface area contributed by atoms with Gasteiger partial charge in [0.2, 0.25) is 5.91 Å². The van der Waals surface area contributed by atoms with Crippen LogP contribution in [0.2, 0.25) is 0 Å². The number of para-hydroxylation sites is 1. The van der Waals surface area contributed by atoms with Crippen LogP contribution in [0.25, 0.3) is 11.0 Å². The van der Waals surface area contributed by atoms with Gasteiger partial charge in [-0.1, -0.05) is 18.2 Å². The van der Waals surface area contributed by atoms with Crippen LogP contribution in [0.3, 0.4) is 0 Å². The molecule has 0 radical (unpaired) electrons. The first-order valence-corrected chi connectivity index (χ1v) is 11.5. The molecule has 4 amide bonds. The van der Waals surface area contributed by atoms with Gasteiger partial charge in [0, 0.05) is 17.5 Å². The molecule has 1 aromatic heterocycles. The van der Waals surface area contributed by atoms with E-state index in [-0.39, 0.29) is 18.5 Å². The average Bonchev–Trinajstić information content (AvgIpc) is 3.58. The van der Waals surface area contributed by atoms with Crippen molar-refractivity contribution in [2.75, 3.05) is 27.3 Å². The van der Waals surface area contributed by atoms with Crippen LogP contribution in [-0.2, 0) is 15.1 Å². The molecule has 0 spiro atoms. The lowest BCUT2D eigenvalue weighted by atomic mass is 9.99. The van der Waals surface area contributed by atoms with Gasteiger partial charge in [-0.05, 0) is 50.1 Å². The highest BCUT2D eigenvalue weighted by Gasteiger charge is 2.52. The van der Waals surface area contributed by atoms with Crippen LogP contribution in [0.5, 0.6) is 11.5 Å². The molecule has 0 unspecified atom stereocenters. The maximum atomic E-state index is 13.4. The third-order valence-electron chi connectivity index (χ3n) is 6.86. The van der Waals surface area contributed by atoms with E-state index in [1.807, 2.05) is 30.3 Å². The first-order valence-electron chi connectivity index (χ1n) is 11.5. The summed E-state index contributed by atoms with van der Waals surface area (Å²) in [4.78, 5) is 42.2. The van der Waals surface area contributed by atoms with Crippen LogP contribution in [0.4, 0.5) is 4.79 Å². The lowest BCUT2D eigenvalue weighted by Crippen LogP contribution is -2.44. The van der Waals surface area contributed by atoms with Gasteiger partial charge < -0.3 is 24.1 Å². The molecule has 3 heterocycles. The van der Waals surface area contributed by atoms with Gasteiger partial charge in [0.15, 0.2) is 5.54 Å². The number of benzene rings is 2. The highest BCUT2D eigenvalue weighted by atomic mass is 16.5. The van der Waals surface area contributed by atoms with E-state index in [1.54, 1.807) is 44.2 Å². The van der Waals surface area contributed by atoms with E-state index in [9.17, 15) is 14.4 Å². The van der Waals surface area contributed by atoms with Crippen LogP contribution in [0.15, 0.2) is 52.9 Å². The summed E-state index contributed by atoms with van der Waals surface area (Å²) in [5.41, 5.74) is 0.0612. The molecule has 1 N–H and O–H groups in total. The number of carbonyl (C=O) groups excluding carboxylic acids is 3. The zero-order valence-electron chi connectivity index (χ0n) is 19.9. The summed E-state index contributed by atoms with van der Waals surface area (Å²) in [7, 11) is 3.17. The van der Waals surface area contributed by atoms with Crippen LogP contribution in [-0.4, -0.2) is 55.0 Å². The molecule has 35 heavy (non-hydrogen) atoms. The second kappa shape index (κ2) is 8.65. The van der Waals surface area contributed by atoms with Gasteiger partial charge in [-0.2, -0.15) is 0 Å². The minimum Gasteiger partial charge on any atom is -0.497 e. The van der Waals surface area contributed by atoms with E-state index in [0.29, 0.717) is 29.4 Å². The zero-order valence-corrected chi connectivity index (χ0v) is 19.9. The lowest BCUT2D eigenvalue weighted by Gasteiger charge is -2.28. The number of imide groups is 1. The summed E-state index contributed by atoms with van der Waals surface area (Å²) in [5, 5.41) is 3.54. The molecule has 2 aliphatic rings. The van der Waals surface area contributed by atoms with Crippen LogP contribution in [0.1, 0.15) is 37.1 Å². The number of nitrogens with zero attached hydrogens (tertiary/aromatic N) is 2. The van der Waals surface area contributed by atoms with Gasteiger partial charge in [-0.3, -0.25) is 14.5 Å². The summed E-state index contributed by atoms with van der Waals surface area (Å²) < 4.78 is 16.7. The second-order valence-electron chi connectivity index (χ2n) is 8.95. The molecule has 182 valence electrons. The Morgan fingerprint density at radius 3 is 2.69 bits per heavy atom. The van der Waals surface area contributed by atoms with Gasteiger partial charge >= 0.3 is 6.03 Å². The molecule has 9 nitrogen and oxygen atoms in total.